The molecule has 1 aromatic carbocycles. The minimum Gasteiger partial charge on any atom is -0.480 e. The van der Waals surface area contributed by atoms with Crippen molar-refractivity contribution in [2.45, 2.75) is 38.4 Å². The predicted molar refractivity (Wildman–Crippen MR) is 75.3 cm³/mol. The van der Waals surface area contributed by atoms with Gasteiger partial charge in [0.05, 0.1) is 12.1 Å². The largest absolute Gasteiger partial charge is 0.480 e. The van der Waals surface area contributed by atoms with Gasteiger partial charge in [-0.1, -0.05) is 38.1 Å². The summed E-state index contributed by atoms with van der Waals surface area (Å²) in [5.74, 6) is -1.09. The number of carbonyl (C=O) groups excluding carboxylic acids is 1. The summed E-state index contributed by atoms with van der Waals surface area (Å²) in [5, 5.41) is 12.1. The zero-order valence-electron chi connectivity index (χ0n) is 11.7. The number of nitrogens with two attached hydrogens (primary N) is 1. The Morgan fingerprint density at radius 3 is 2.60 bits per heavy atom. The topological polar surface area (TPSA) is 92.4 Å². The van der Waals surface area contributed by atoms with Crippen molar-refractivity contribution in [3.63, 3.8) is 0 Å². The van der Waals surface area contributed by atoms with Crippen LogP contribution in [-0.2, 0) is 16.0 Å². The highest BCUT2D eigenvalue weighted by atomic mass is 16.4. The van der Waals surface area contributed by atoms with Gasteiger partial charge in [-0.05, 0) is 23.5 Å². The maximum absolute atomic E-state index is 12.5. The summed E-state index contributed by atoms with van der Waals surface area (Å²) in [6.45, 7) is 3.76. The minimum absolute atomic E-state index is 0.0154. The van der Waals surface area contributed by atoms with E-state index in [1.165, 1.54) is 0 Å². The quantitative estimate of drug-likeness (QED) is 0.759. The molecule has 1 unspecified atom stereocenters. The summed E-state index contributed by atoms with van der Waals surface area (Å²) >= 11 is 0. The highest BCUT2D eigenvalue weighted by Crippen LogP contribution is 2.27. The van der Waals surface area contributed by atoms with Gasteiger partial charge in [0.2, 0.25) is 0 Å². The fourth-order valence-electron chi connectivity index (χ4n) is 2.49. The van der Waals surface area contributed by atoms with Gasteiger partial charge in [-0.15, -0.1) is 0 Å². The van der Waals surface area contributed by atoms with Gasteiger partial charge < -0.3 is 10.8 Å². The van der Waals surface area contributed by atoms with Crippen molar-refractivity contribution in [1.29, 1.82) is 0 Å². The normalized spacial score (nSPS) is 23.2. The lowest BCUT2D eigenvalue weighted by molar-refractivity contribution is -0.140. The summed E-state index contributed by atoms with van der Waals surface area (Å²) < 4.78 is 0. The number of hydrogen-bond acceptors (Lipinski definition) is 4. The van der Waals surface area contributed by atoms with Crippen molar-refractivity contribution in [3.05, 3.63) is 35.4 Å². The molecule has 3 atom stereocenters. The van der Waals surface area contributed by atoms with E-state index < -0.39 is 24.1 Å². The van der Waals surface area contributed by atoms with Crippen molar-refractivity contribution in [2.75, 3.05) is 0 Å². The Balaban J connectivity index is 2.36. The zero-order valence-corrected chi connectivity index (χ0v) is 11.7. The number of fused-ring (bicyclic) bond motifs is 1. The lowest BCUT2D eigenvalue weighted by atomic mass is 9.84. The summed E-state index contributed by atoms with van der Waals surface area (Å²) in [5.41, 5.74) is 7.67. The van der Waals surface area contributed by atoms with E-state index in [1.54, 1.807) is 0 Å². The van der Waals surface area contributed by atoms with Gasteiger partial charge in [0.15, 0.2) is 5.78 Å². The molecule has 20 heavy (non-hydrogen) atoms. The molecule has 0 aromatic heterocycles. The molecular weight excluding hydrogens is 256 g/mol. The standard InChI is InChI=1S/C15H20N2O3/c1-8(2)12(16)14(18)13-10-6-4-3-5-9(10)7-11(17-13)15(19)20/h3-6,8,11-13,17H,7,16H2,1-2H3,(H,19,20)/t11-,12+,13?/m1/s1. The predicted octanol–water partition coefficient (Wildman–Crippen LogP) is 0.879. The second kappa shape index (κ2) is 5.73. The molecule has 1 aromatic rings. The van der Waals surface area contributed by atoms with Crippen LogP contribution in [0.2, 0.25) is 0 Å². The maximum Gasteiger partial charge on any atom is 0.321 e. The van der Waals surface area contributed by atoms with Crippen molar-refractivity contribution < 1.29 is 14.7 Å². The summed E-state index contributed by atoms with van der Waals surface area (Å²) in [6, 6.07) is 5.43. The molecule has 1 aliphatic heterocycles. The number of Topliss-reactive ketones (excluding diaryl/α,β-unsaturated/α-hetero) is 1. The highest BCUT2D eigenvalue weighted by molar-refractivity contribution is 5.91. The molecule has 0 saturated heterocycles. The van der Waals surface area contributed by atoms with Crippen LogP contribution in [0.5, 0.6) is 0 Å². The van der Waals surface area contributed by atoms with Crippen LogP contribution in [0.15, 0.2) is 24.3 Å². The smallest absolute Gasteiger partial charge is 0.321 e. The number of carbonyl (C=O) groups is 2. The van der Waals surface area contributed by atoms with E-state index in [9.17, 15) is 14.7 Å². The Morgan fingerprint density at radius 2 is 2.00 bits per heavy atom. The average molecular weight is 276 g/mol. The fourth-order valence-corrected chi connectivity index (χ4v) is 2.49. The summed E-state index contributed by atoms with van der Waals surface area (Å²) in [4.78, 5) is 23.7. The van der Waals surface area contributed by atoms with Crippen LogP contribution in [0.1, 0.15) is 31.0 Å². The first-order valence-corrected chi connectivity index (χ1v) is 6.77. The first-order chi connectivity index (χ1) is 9.41. The first-order valence-electron chi connectivity index (χ1n) is 6.77. The molecular formula is C15H20N2O3. The molecule has 0 radical (unpaired) electrons. The van der Waals surface area contributed by atoms with Gasteiger partial charge in [0.1, 0.15) is 6.04 Å². The van der Waals surface area contributed by atoms with Crippen LogP contribution in [0.25, 0.3) is 0 Å². The van der Waals surface area contributed by atoms with E-state index in [0.29, 0.717) is 6.42 Å². The van der Waals surface area contributed by atoms with Crippen LogP contribution >= 0.6 is 0 Å². The third-order valence-corrected chi connectivity index (χ3v) is 3.79. The lowest BCUT2D eigenvalue weighted by Crippen LogP contribution is -2.51. The molecule has 0 fully saturated rings. The molecule has 1 heterocycles. The number of nitrogens with one attached hydrogen (secondary N) is 1. The molecule has 2 rings (SSSR count). The number of hydrogen-bond donors (Lipinski definition) is 3. The van der Waals surface area contributed by atoms with Crippen LogP contribution in [0.4, 0.5) is 0 Å². The third-order valence-electron chi connectivity index (χ3n) is 3.79. The molecule has 5 heteroatoms. The van der Waals surface area contributed by atoms with E-state index in [2.05, 4.69) is 5.32 Å². The second-order valence-electron chi connectivity index (χ2n) is 5.57. The number of carboxylic acid groups (broad SMARTS) is 1. The number of ketones is 1. The highest BCUT2D eigenvalue weighted by Gasteiger charge is 2.36. The van der Waals surface area contributed by atoms with Gasteiger partial charge in [-0.2, -0.15) is 0 Å². The molecule has 4 N–H and O–H groups in total. The van der Waals surface area contributed by atoms with Gasteiger partial charge in [0.25, 0.3) is 0 Å². The van der Waals surface area contributed by atoms with E-state index in [-0.39, 0.29) is 11.7 Å². The van der Waals surface area contributed by atoms with E-state index >= 15 is 0 Å². The van der Waals surface area contributed by atoms with Crippen LogP contribution in [0.3, 0.4) is 0 Å². The lowest BCUT2D eigenvalue weighted by Gasteiger charge is -2.32. The molecule has 0 spiro atoms. The Hall–Kier alpha value is -1.72. The number of rotatable bonds is 4. The Labute approximate surface area is 118 Å². The molecule has 1 aliphatic rings. The number of benzene rings is 1. The van der Waals surface area contributed by atoms with Crippen molar-refractivity contribution in [1.82, 2.24) is 5.32 Å². The molecule has 108 valence electrons. The maximum atomic E-state index is 12.5. The van der Waals surface area contributed by atoms with Gasteiger partial charge in [-0.3, -0.25) is 14.9 Å². The Morgan fingerprint density at radius 1 is 1.35 bits per heavy atom. The molecule has 0 bridgehead atoms. The van der Waals surface area contributed by atoms with Crippen LogP contribution in [-0.4, -0.2) is 28.9 Å². The average Bonchev–Trinajstić information content (AvgIpc) is 2.44. The number of aliphatic carboxylic acids is 1. The monoisotopic (exact) mass is 276 g/mol. The van der Waals surface area contributed by atoms with Crippen LogP contribution < -0.4 is 11.1 Å². The summed E-state index contributed by atoms with van der Waals surface area (Å²) in [7, 11) is 0. The van der Waals surface area contributed by atoms with E-state index in [1.807, 2.05) is 38.1 Å². The molecule has 0 saturated carbocycles. The SMILES string of the molecule is CC(C)[C@H](N)C(=O)C1N[C@@H](C(=O)O)Cc2ccccc21. The van der Waals surface area contributed by atoms with E-state index in [0.717, 1.165) is 11.1 Å². The van der Waals surface area contributed by atoms with Gasteiger partial charge in [-0.25, -0.2) is 0 Å². The second-order valence-corrected chi connectivity index (χ2v) is 5.57. The minimum atomic E-state index is -0.949. The van der Waals surface area contributed by atoms with Gasteiger partial charge >= 0.3 is 5.97 Å². The Kier molecular flexibility index (Phi) is 4.20. The number of carboxylic acids is 1. The van der Waals surface area contributed by atoms with Crippen LogP contribution in [0, 0.1) is 5.92 Å². The summed E-state index contributed by atoms with van der Waals surface area (Å²) in [6.07, 6.45) is 0.381. The van der Waals surface area contributed by atoms with Crippen molar-refractivity contribution >= 4 is 11.8 Å². The first kappa shape index (κ1) is 14.7. The molecule has 0 amide bonds. The van der Waals surface area contributed by atoms with Crippen molar-refractivity contribution in [2.24, 2.45) is 11.7 Å². The van der Waals surface area contributed by atoms with Gasteiger partial charge in [0, 0.05) is 0 Å². The Bertz CT molecular complexity index is 528. The van der Waals surface area contributed by atoms with E-state index in [4.69, 9.17) is 5.73 Å². The fraction of sp³-hybridized carbons (Fsp3) is 0.467. The molecule has 0 aliphatic carbocycles. The van der Waals surface area contributed by atoms with Crippen molar-refractivity contribution in [3.8, 4) is 0 Å². The zero-order chi connectivity index (χ0) is 14.9. The third kappa shape index (κ3) is 2.73. The molecule has 5 nitrogen and oxygen atoms in total.